The first-order valence-corrected chi connectivity index (χ1v) is 7.67. The number of furan rings is 1. The van der Waals surface area contributed by atoms with Crippen LogP contribution in [0, 0.1) is 0 Å². The fourth-order valence-corrected chi connectivity index (χ4v) is 2.63. The van der Waals surface area contributed by atoms with E-state index in [1.807, 2.05) is 18.2 Å². The highest BCUT2D eigenvalue weighted by Gasteiger charge is 2.32. The zero-order valence-corrected chi connectivity index (χ0v) is 13.4. The fraction of sp³-hybridized carbons (Fsp3) is 0.294. The molecular formula is C17H19N3O4. The second-order valence-corrected chi connectivity index (χ2v) is 5.38. The molecule has 1 aromatic heterocycles. The van der Waals surface area contributed by atoms with Crippen LogP contribution in [0.15, 0.2) is 47.1 Å². The smallest absolute Gasteiger partial charge is 0.325 e. The van der Waals surface area contributed by atoms with Crippen LogP contribution in [0.1, 0.15) is 5.76 Å². The normalized spacial score (nSPS) is 14.1. The third-order valence-electron chi connectivity index (χ3n) is 3.85. The number of nitrogens with one attached hydrogen (secondary N) is 1. The molecule has 0 aliphatic carbocycles. The van der Waals surface area contributed by atoms with Gasteiger partial charge in [-0.15, -0.1) is 0 Å². The molecule has 24 heavy (non-hydrogen) atoms. The molecule has 3 amide bonds. The van der Waals surface area contributed by atoms with Gasteiger partial charge < -0.3 is 19.4 Å². The van der Waals surface area contributed by atoms with Gasteiger partial charge in [-0.05, 0) is 24.3 Å². The van der Waals surface area contributed by atoms with Crippen molar-refractivity contribution >= 4 is 17.6 Å². The van der Waals surface area contributed by atoms with Crippen molar-refractivity contribution in [1.82, 2.24) is 10.2 Å². The molecule has 1 aromatic carbocycles. The zero-order chi connectivity index (χ0) is 16.9. The van der Waals surface area contributed by atoms with E-state index in [-0.39, 0.29) is 18.5 Å². The number of hydrogen-bond donors (Lipinski definition) is 1. The molecule has 1 aliphatic rings. The molecule has 1 aliphatic heterocycles. The minimum Gasteiger partial charge on any atom is -0.495 e. The predicted octanol–water partition coefficient (Wildman–Crippen LogP) is 1.85. The van der Waals surface area contributed by atoms with Gasteiger partial charge in [-0.2, -0.15) is 0 Å². The summed E-state index contributed by atoms with van der Waals surface area (Å²) in [4.78, 5) is 27.7. The van der Waals surface area contributed by atoms with Gasteiger partial charge in [0.15, 0.2) is 0 Å². The Morgan fingerprint density at radius 1 is 1.25 bits per heavy atom. The molecule has 0 bridgehead atoms. The van der Waals surface area contributed by atoms with E-state index in [1.165, 1.54) is 4.90 Å². The molecule has 0 spiro atoms. The third kappa shape index (κ3) is 3.34. The van der Waals surface area contributed by atoms with Gasteiger partial charge >= 0.3 is 6.03 Å². The van der Waals surface area contributed by atoms with Crippen molar-refractivity contribution in [2.45, 2.75) is 6.54 Å². The van der Waals surface area contributed by atoms with Crippen molar-refractivity contribution in [2.75, 3.05) is 31.6 Å². The quantitative estimate of drug-likeness (QED) is 0.877. The fourth-order valence-electron chi connectivity index (χ4n) is 2.63. The highest BCUT2D eigenvalue weighted by molar-refractivity contribution is 5.97. The van der Waals surface area contributed by atoms with Crippen LogP contribution >= 0.6 is 0 Å². The molecule has 0 atom stereocenters. The van der Waals surface area contributed by atoms with Crippen molar-refractivity contribution in [2.24, 2.45) is 0 Å². The van der Waals surface area contributed by atoms with Crippen molar-refractivity contribution < 1.29 is 18.7 Å². The average Bonchev–Trinajstić information content (AvgIpc) is 3.24. The van der Waals surface area contributed by atoms with Crippen molar-refractivity contribution in [3.8, 4) is 5.75 Å². The van der Waals surface area contributed by atoms with E-state index in [9.17, 15) is 9.59 Å². The standard InChI is InChI=1S/C17H19N3O4/c1-23-15-7-3-2-6-14(15)20-9-8-19(17(20)22)12-16(21)18-11-13-5-4-10-24-13/h2-7,10H,8-9,11-12H2,1H3,(H,18,21). The second kappa shape index (κ2) is 7.08. The van der Waals surface area contributed by atoms with E-state index in [0.29, 0.717) is 36.8 Å². The van der Waals surface area contributed by atoms with Crippen LogP contribution in [0.25, 0.3) is 0 Å². The Hall–Kier alpha value is -2.96. The molecule has 2 heterocycles. The lowest BCUT2D eigenvalue weighted by atomic mass is 10.2. The molecule has 0 saturated carbocycles. The summed E-state index contributed by atoms with van der Waals surface area (Å²) in [5.41, 5.74) is 0.712. The van der Waals surface area contributed by atoms with Crippen LogP contribution in [-0.4, -0.2) is 43.6 Å². The SMILES string of the molecule is COc1ccccc1N1CCN(CC(=O)NCc2ccco2)C1=O. The van der Waals surface area contributed by atoms with Gasteiger partial charge in [0.2, 0.25) is 5.91 Å². The summed E-state index contributed by atoms with van der Waals surface area (Å²) < 4.78 is 10.5. The zero-order valence-electron chi connectivity index (χ0n) is 13.4. The summed E-state index contributed by atoms with van der Waals surface area (Å²) in [6.07, 6.45) is 1.55. The van der Waals surface area contributed by atoms with E-state index in [2.05, 4.69) is 5.32 Å². The minimum atomic E-state index is -0.221. The topological polar surface area (TPSA) is 75.0 Å². The highest BCUT2D eigenvalue weighted by Crippen LogP contribution is 2.30. The highest BCUT2D eigenvalue weighted by atomic mass is 16.5. The van der Waals surface area contributed by atoms with Crippen LogP contribution in [0.5, 0.6) is 5.75 Å². The maximum Gasteiger partial charge on any atom is 0.325 e. The number of hydrogen-bond acceptors (Lipinski definition) is 4. The van der Waals surface area contributed by atoms with E-state index in [1.54, 1.807) is 36.5 Å². The number of methoxy groups -OCH3 is 1. The number of amides is 3. The number of nitrogens with zero attached hydrogens (tertiary/aromatic N) is 2. The van der Waals surface area contributed by atoms with Gasteiger partial charge in [-0.1, -0.05) is 12.1 Å². The summed E-state index contributed by atoms with van der Waals surface area (Å²) in [6, 6.07) is 10.7. The molecule has 0 unspecified atom stereocenters. The molecule has 0 radical (unpaired) electrons. The van der Waals surface area contributed by atoms with Gasteiger partial charge in [0.25, 0.3) is 0 Å². The Morgan fingerprint density at radius 3 is 2.83 bits per heavy atom. The van der Waals surface area contributed by atoms with E-state index in [0.717, 1.165) is 0 Å². The monoisotopic (exact) mass is 329 g/mol. The molecule has 2 aromatic rings. The van der Waals surface area contributed by atoms with E-state index >= 15 is 0 Å². The van der Waals surface area contributed by atoms with Gasteiger partial charge in [-0.3, -0.25) is 9.69 Å². The minimum absolute atomic E-state index is 0.0190. The van der Waals surface area contributed by atoms with Crippen LogP contribution in [0.2, 0.25) is 0 Å². The Morgan fingerprint density at radius 2 is 2.08 bits per heavy atom. The van der Waals surface area contributed by atoms with Crippen LogP contribution < -0.4 is 15.0 Å². The van der Waals surface area contributed by atoms with Crippen molar-refractivity contribution in [3.05, 3.63) is 48.4 Å². The summed E-state index contributed by atoms with van der Waals surface area (Å²) >= 11 is 0. The first kappa shape index (κ1) is 15.9. The molecule has 1 fully saturated rings. The van der Waals surface area contributed by atoms with E-state index in [4.69, 9.17) is 9.15 Å². The molecule has 126 valence electrons. The lowest BCUT2D eigenvalue weighted by Gasteiger charge is -2.20. The molecule has 7 heteroatoms. The van der Waals surface area contributed by atoms with E-state index < -0.39 is 0 Å². The van der Waals surface area contributed by atoms with Gasteiger partial charge in [0, 0.05) is 13.1 Å². The Bertz CT molecular complexity index is 714. The number of urea groups is 1. The maximum atomic E-state index is 12.5. The summed E-state index contributed by atoms with van der Waals surface area (Å²) in [6.45, 7) is 1.34. The largest absolute Gasteiger partial charge is 0.495 e. The Kier molecular flexibility index (Phi) is 4.69. The summed E-state index contributed by atoms with van der Waals surface area (Å²) in [5, 5.41) is 2.74. The summed E-state index contributed by atoms with van der Waals surface area (Å²) in [5.74, 6) is 1.09. The van der Waals surface area contributed by atoms with Crippen LogP contribution in [0.3, 0.4) is 0 Å². The number of carbonyl (C=O) groups is 2. The van der Waals surface area contributed by atoms with Crippen molar-refractivity contribution in [1.29, 1.82) is 0 Å². The number of rotatable bonds is 6. The third-order valence-corrected chi connectivity index (χ3v) is 3.85. The second-order valence-electron chi connectivity index (χ2n) is 5.38. The van der Waals surface area contributed by atoms with Gasteiger partial charge in [0.1, 0.15) is 18.1 Å². The Labute approximate surface area is 139 Å². The number of benzene rings is 1. The molecule has 1 N–H and O–H groups in total. The molecule has 3 rings (SSSR count). The predicted molar refractivity (Wildman–Crippen MR) is 87.9 cm³/mol. The average molecular weight is 329 g/mol. The molecular weight excluding hydrogens is 310 g/mol. The van der Waals surface area contributed by atoms with Gasteiger partial charge in [0.05, 0.1) is 25.6 Å². The first-order valence-electron chi connectivity index (χ1n) is 7.67. The van der Waals surface area contributed by atoms with Gasteiger partial charge in [-0.25, -0.2) is 4.79 Å². The number of para-hydroxylation sites is 2. The number of ether oxygens (including phenoxy) is 1. The molecule has 1 saturated heterocycles. The molecule has 7 nitrogen and oxygen atoms in total. The number of anilines is 1. The lowest BCUT2D eigenvalue weighted by molar-refractivity contribution is -0.121. The maximum absolute atomic E-state index is 12.5. The first-order chi connectivity index (χ1) is 11.7. The number of carbonyl (C=O) groups excluding carboxylic acids is 2. The van der Waals surface area contributed by atoms with Crippen molar-refractivity contribution in [3.63, 3.8) is 0 Å². The lowest BCUT2D eigenvalue weighted by Crippen LogP contribution is -2.39. The van der Waals surface area contributed by atoms with Crippen LogP contribution in [0.4, 0.5) is 10.5 Å². The van der Waals surface area contributed by atoms with Crippen LogP contribution in [-0.2, 0) is 11.3 Å². The summed E-state index contributed by atoms with van der Waals surface area (Å²) in [7, 11) is 1.57. The Balaban J connectivity index is 1.58.